The van der Waals surface area contributed by atoms with Gasteiger partial charge < -0.3 is 5.73 Å². The average Bonchev–Trinajstić information content (AvgIpc) is 2.67. The first-order valence-electron chi connectivity index (χ1n) is 4.86. The minimum atomic E-state index is -0.230. The number of H-pyrrole nitrogens is 1. The molecule has 1 unspecified atom stereocenters. The summed E-state index contributed by atoms with van der Waals surface area (Å²) in [6.45, 7) is 4.12. The lowest BCUT2D eigenvalue weighted by atomic mass is 10.0. The molecule has 15 heavy (non-hydrogen) atoms. The van der Waals surface area contributed by atoms with Crippen molar-refractivity contribution in [3.8, 4) is 0 Å². The lowest BCUT2D eigenvalue weighted by Crippen LogP contribution is -2.14. The van der Waals surface area contributed by atoms with Crippen LogP contribution in [-0.4, -0.2) is 15.2 Å². The van der Waals surface area contributed by atoms with Crippen LogP contribution in [0.3, 0.4) is 0 Å². The van der Waals surface area contributed by atoms with E-state index in [-0.39, 0.29) is 6.04 Å². The molecule has 0 aliphatic heterocycles. The summed E-state index contributed by atoms with van der Waals surface area (Å²) in [6, 6.07) is 6.03. The highest BCUT2D eigenvalue weighted by molar-refractivity contribution is 5.32. The smallest absolute Gasteiger partial charge is 0.145 e. The van der Waals surface area contributed by atoms with Crippen molar-refractivity contribution in [3.63, 3.8) is 0 Å². The maximum atomic E-state index is 6.06. The molecule has 4 nitrogen and oxygen atoms in total. The van der Waals surface area contributed by atoms with E-state index in [2.05, 4.69) is 47.2 Å². The largest absolute Gasteiger partial charge is 0.318 e. The molecule has 0 saturated carbocycles. The van der Waals surface area contributed by atoms with Gasteiger partial charge in [0.2, 0.25) is 0 Å². The van der Waals surface area contributed by atoms with Crippen LogP contribution in [0.1, 0.15) is 28.6 Å². The van der Waals surface area contributed by atoms with Crippen LogP contribution in [0.4, 0.5) is 0 Å². The molecule has 1 heterocycles. The molecule has 1 aromatic heterocycles. The number of nitrogens with zero attached hydrogens (tertiary/aromatic N) is 2. The summed E-state index contributed by atoms with van der Waals surface area (Å²) in [5, 5.41) is 6.59. The Morgan fingerprint density at radius 1 is 1.20 bits per heavy atom. The maximum absolute atomic E-state index is 6.06. The van der Waals surface area contributed by atoms with Crippen molar-refractivity contribution in [2.24, 2.45) is 5.73 Å². The van der Waals surface area contributed by atoms with E-state index in [1.807, 2.05) is 0 Å². The monoisotopic (exact) mass is 202 g/mol. The molecule has 0 radical (unpaired) electrons. The van der Waals surface area contributed by atoms with Gasteiger partial charge in [0.25, 0.3) is 0 Å². The Morgan fingerprint density at radius 3 is 2.40 bits per heavy atom. The molecule has 0 saturated heterocycles. The van der Waals surface area contributed by atoms with Crippen molar-refractivity contribution >= 4 is 0 Å². The molecular weight excluding hydrogens is 188 g/mol. The molecule has 0 aliphatic rings. The highest BCUT2D eigenvalue weighted by Gasteiger charge is 2.11. The van der Waals surface area contributed by atoms with Crippen molar-refractivity contribution in [1.82, 2.24) is 15.2 Å². The highest BCUT2D eigenvalue weighted by Crippen LogP contribution is 2.18. The summed E-state index contributed by atoms with van der Waals surface area (Å²) >= 11 is 0. The summed E-state index contributed by atoms with van der Waals surface area (Å²) < 4.78 is 0. The van der Waals surface area contributed by atoms with E-state index in [9.17, 15) is 0 Å². The number of rotatable bonds is 2. The Balaban J connectivity index is 2.37. The predicted molar refractivity (Wildman–Crippen MR) is 58.3 cm³/mol. The van der Waals surface area contributed by atoms with Gasteiger partial charge in [0.1, 0.15) is 12.2 Å². The molecule has 0 spiro atoms. The van der Waals surface area contributed by atoms with Crippen LogP contribution in [0.15, 0.2) is 24.5 Å². The highest BCUT2D eigenvalue weighted by atomic mass is 15.2. The Labute approximate surface area is 88.5 Å². The van der Waals surface area contributed by atoms with Crippen LogP contribution in [0.25, 0.3) is 0 Å². The molecule has 0 aliphatic carbocycles. The van der Waals surface area contributed by atoms with E-state index in [4.69, 9.17) is 5.73 Å². The second kappa shape index (κ2) is 3.82. The number of hydrogen-bond donors (Lipinski definition) is 2. The number of nitrogens with one attached hydrogen (secondary N) is 1. The number of aromatic nitrogens is 3. The topological polar surface area (TPSA) is 67.6 Å². The number of aryl methyl sites for hydroxylation is 2. The van der Waals surface area contributed by atoms with Gasteiger partial charge in [-0.2, -0.15) is 5.10 Å². The van der Waals surface area contributed by atoms with E-state index < -0.39 is 0 Å². The van der Waals surface area contributed by atoms with Crippen molar-refractivity contribution in [2.45, 2.75) is 19.9 Å². The molecule has 2 rings (SSSR count). The minimum Gasteiger partial charge on any atom is -0.318 e. The molecule has 1 aromatic carbocycles. The van der Waals surface area contributed by atoms with Gasteiger partial charge in [-0.15, -0.1) is 0 Å². The van der Waals surface area contributed by atoms with Crippen LogP contribution in [-0.2, 0) is 0 Å². The third kappa shape index (κ3) is 2.05. The van der Waals surface area contributed by atoms with Crippen LogP contribution >= 0.6 is 0 Å². The summed E-state index contributed by atoms with van der Waals surface area (Å²) in [4.78, 5) is 4.06. The molecule has 0 bridgehead atoms. The fraction of sp³-hybridized carbons (Fsp3) is 0.273. The zero-order valence-electron chi connectivity index (χ0n) is 8.86. The first-order valence-corrected chi connectivity index (χ1v) is 4.86. The number of hydrogen-bond acceptors (Lipinski definition) is 3. The second-order valence-electron chi connectivity index (χ2n) is 3.77. The van der Waals surface area contributed by atoms with Crippen molar-refractivity contribution in [1.29, 1.82) is 0 Å². The van der Waals surface area contributed by atoms with Gasteiger partial charge in [-0.25, -0.2) is 4.98 Å². The lowest BCUT2D eigenvalue weighted by Gasteiger charge is -2.10. The number of benzene rings is 1. The van der Waals surface area contributed by atoms with Gasteiger partial charge in [-0.05, 0) is 19.4 Å². The van der Waals surface area contributed by atoms with Crippen molar-refractivity contribution in [3.05, 3.63) is 47.0 Å². The van der Waals surface area contributed by atoms with Gasteiger partial charge in [0, 0.05) is 0 Å². The molecule has 78 valence electrons. The van der Waals surface area contributed by atoms with Crippen LogP contribution in [0, 0.1) is 13.8 Å². The molecule has 1 atom stereocenters. The fourth-order valence-electron chi connectivity index (χ4n) is 1.71. The molecule has 4 heteroatoms. The van der Waals surface area contributed by atoms with Crippen molar-refractivity contribution in [2.75, 3.05) is 0 Å². The van der Waals surface area contributed by atoms with Gasteiger partial charge in [-0.3, -0.25) is 5.10 Å². The van der Waals surface area contributed by atoms with Gasteiger partial charge in [0.15, 0.2) is 0 Å². The Kier molecular flexibility index (Phi) is 2.51. The normalized spacial score (nSPS) is 12.7. The van der Waals surface area contributed by atoms with E-state index in [1.54, 1.807) is 0 Å². The van der Waals surface area contributed by atoms with Crippen LogP contribution in [0.5, 0.6) is 0 Å². The van der Waals surface area contributed by atoms with Crippen molar-refractivity contribution < 1.29 is 0 Å². The van der Waals surface area contributed by atoms with Crippen LogP contribution in [0.2, 0.25) is 0 Å². The SMILES string of the molecule is Cc1cc(C)cc(C(N)c2ncn[nH]2)c1. The van der Waals surface area contributed by atoms with Crippen LogP contribution < -0.4 is 5.73 Å². The summed E-state index contributed by atoms with van der Waals surface area (Å²) in [5.74, 6) is 0.694. The average molecular weight is 202 g/mol. The Hall–Kier alpha value is -1.68. The summed E-state index contributed by atoms with van der Waals surface area (Å²) in [7, 11) is 0. The Bertz CT molecular complexity index is 427. The van der Waals surface area contributed by atoms with Gasteiger partial charge in [0.05, 0.1) is 6.04 Å². The van der Waals surface area contributed by atoms with E-state index in [0.29, 0.717) is 5.82 Å². The summed E-state index contributed by atoms with van der Waals surface area (Å²) in [6.07, 6.45) is 1.47. The van der Waals surface area contributed by atoms with Gasteiger partial charge in [-0.1, -0.05) is 29.3 Å². The first-order chi connectivity index (χ1) is 7.16. The number of aromatic amines is 1. The molecule has 0 fully saturated rings. The number of nitrogens with two attached hydrogens (primary N) is 1. The quantitative estimate of drug-likeness (QED) is 0.774. The lowest BCUT2D eigenvalue weighted by molar-refractivity contribution is 0.785. The second-order valence-corrected chi connectivity index (χ2v) is 3.77. The third-order valence-corrected chi connectivity index (χ3v) is 2.33. The van der Waals surface area contributed by atoms with E-state index in [0.717, 1.165) is 5.56 Å². The summed E-state index contributed by atoms with van der Waals surface area (Å²) in [5.41, 5.74) is 9.54. The Morgan fingerprint density at radius 2 is 1.87 bits per heavy atom. The molecule has 3 N–H and O–H groups in total. The van der Waals surface area contributed by atoms with E-state index in [1.165, 1.54) is 17.5 Å². The molecule has 2 aromatic rings. The molecular formula is C11H14N4. The standard InChI is InChI=1S/C11H14N4/c1-7-3-8(2)5-9(4-7)10(12)11-13-6-14-15-11/h3-6,10H,12H2,1-2H3,(H,13,14,15). The maximum Gasteiger partial charge on any atom is 0.145 e. The minimum absolute atomic E-state index is 0.230. The van der Waals surface area contributed by atoms with Gasteiger partial charge >= 0.3 is 0 Å². The first kappa shape index (κ1) is 9.86. The zero-order valence-corrected chi connectivity index (χ0v) is 8.86. The molecule has 0 amide bonds. The third-order valence-electron chi connectivity index (χ3n) is 2.33. The fourth-order valence-corrected chi connectivity index (χ4v) is 1.71. The zero-order chi connectivity index (χ0) is 10.8. The predicted octanol–water partition coefficient (Wildman–Crippen LogP) is 1.47. The van der Waals surface area contributed by atoms with E-state index >= 15 is 0 Å².